The topological polar surface area (TPSA) is 92.2 Å². The molecule has 0 fully saturated rings. The molecule has 0 atom stereocenters. The smallest absolute Gasteiger partial charge is 0.313 e. The number of carbonyl (C=O) groups is 2. The highest BCUT2D eigenvalue weighted by Gasteiger charge is 2.10. The molecule has 9 heteroatoms. The van der Waals surface area contributed by atoms with E-state index in [1.54, 1.807) is 11.3 Å². The van der Waals surface area contributed by atoms with Gasteiger partial charge in [0.15, 0.2) is 4.34 Å². The van der Waals surface area contributed by atoms with Crippen molar-refractivity contribution in [3.8, 4) is 0 Å². The summed E-state index contributed by atoms with van der Waals surface area (Å²) in [5.74, 6) is -1.10. The fraction of sp³-hybridized carbons (Fsp3) is 0.273. The molecule has 0 radical (unpaired) electrons. The molecule has 2 aromatic rings. The van der Waals surface area contributed by atoms with Crippen LogP contribution in [0.2, 0.25) is 0 Å². The van der Waals surface area contributed by atoms with Gasteiger partial charge in [-0.25, -0.2) is 0 Å². The van der Waals surface area contributed by atoms with Crippen molar-refractivity contribution < 1.29 is 14.7 Å². The molecule has 1 amide bonds. The third-order valence-corrected chi connectivity index (χ3v) is 5.04. The Morgan fingerprint density at radius 1 is 1.40 bits per heavy atom. The summed E-state index contributed by atoms with van der Waals surface area (Å²) in [6, 6.07) is 3.94. The Hall–Kier alpha value is -1.45. The Morgan fingerprint density at radius 3 is 2.95 bits per heavy atom. The van der Waals surface area contributed by atoms with Gasteiger partial charge in [-0.3, -0.25) is 9.59 Å². The molecule has 0 aliphatic heterocycles. The van der Waals surface area contributed by atoms with E-state index in [4.69, 9.17) is 5.11 Å². The predicted molar refractivity (Wildman–Crippen MR) is 79.5 cm³/mol. The number of thioether (sulfide) groups is 1. The summed E-state index contributed by atoms with van der Waals surface area (Å²) in [4.78, 5) is 23.3. The van der Waals surface area contributed by atoms with Gasteiger partial charge in [-0.2, -0.15) is 0 Å². The number of hydrogen-bond acceptors (Lipinski definition) is 7. The third-order valence-electron chi connectivity index (χ3n) is 2.15. The van der Waals surface area contributed by atoms with Crippen LogP contribution in [-0.4, -0.2) is 32.9 Å². The van der Waals surface area contributed by atoms with E-state index in [9.17, 15) is 9.59 Å². The summed E-state index contributed by atoms with van der Waals surface area (Å²) < 4.78 is 0.529. The molecule has 6 nitrogen and oxygen atoms in total. The van der Waals surface area contributed by atoms with Crippen molar-refractivity contribution in [1.29, 1.82) is 0 Å². The Labute approximate surface area is 127 Å². The minimum absolute atomic E-state index is 0.0685. The van der Waals surface area contributed by atoms with Crippen LogP contribution in [0.15, 0.2) is 21.9 Å². The maximum Gasteiger partial charge on any atom is 0.313 e. The lowest BCUT2D eigenvalue weighted by molar-refractivity contribution is -0.133. The summed E-state index contributed by atoms with van der Waals surface area (Å²) in [6.07, 6.45) is 1.08. The summed E-state index contributed by atoms with van der Waals surface area (Å²) >= 11 is 3.88. The van der Waals surface area contributed by atoms with Crippen LogP contribution < -0.4 is 5.32 Å². The van der Waals surface area contributed by atoms with E-state index in [2.05, 4.69) is 15.5 Å². The Balaban J connectivity index is 1.77. The first kappa shape index (κ1) is 14.9. The molecule has 0 aliphatic carbocycles. The second-order valence-corrected chi connectivity index (χ2v) is 6.92. The molecule has 0 unspecified atom stereocenters. The molecule has 0 aromatic carbocycles. The Bertz CT molecular complexity index is 583. The summed E-state index contributed by atoms with van der Waals surface area (Å²) in [6.45, 7) is 0. The number of aliphatic carboxylic acids is 1. The van der Waals surface area contributed by atoms with Crippen LogP contribution in [0.25, 0.3) is 0 Å². The number of amides is 1. The number of aryl methyl sites for hydroxylation is 1. The minimum atomic E-state index is -0.910. The quantitative estimate of drug-likeness (QED) is 0.598. The highest BCUT2D eigenvalue weighted by molar-refractivity contribution is 8.01. The van der Waals surface area contributed by atoms with E-state index in [1.165, 1.54) is 11.3 Å². The van der Waals surface area contributed by atoms with E-state index in [1.807, 2.05) is 17.5 Å². The second-order valence-electron chi connectivity index (χ2n) is 3.68. The number of carboxylic acid groups (broad SMARTS) is 1. The van der Waals surface area contributed by atoms with Crippen molar-refractivity contribution in [2.75, 3.05) is 11.1 Å². The van der Waals surface area contributed by atoms with Gasteiger partial charge in [0.2, 0.25) is 11.0 Å². The molecule has 20 heavy (non-hydrogen) atoms. The summed E-state index contributed by atoms with van der Waals surface area (Å²) in [5.41, 5.74) is 0. The van der Waals surface area contributed by atoms with Crippen LogP contribution in [0, 0.1) is 0 Å². The molecule has 0 saturated heterocycles. The van der Waals surface area contributed by atoms with Crippen molar-refractivity contribution in [2.24, 2.45) is 0 Å². The third kappa shape index (κ3) is 4.91. The number of anilines is 1. The van der Waals surface area contributed by atoms with Gasteiger partial charge in [0.1, 0.15) is 0 Å². The Morgan fingerprint density at radius 2 is 2.25 bits per heavy atom. The molecule has 0 spiro atoms. The normalized spacial score (nSPS) is 10.4. The summed E-state index contributed by atoms with van der Waals surface area (Å²) in [7, 11) is 0. The maximum atomic E-state index is 11.7. The van der Waals surface area contributed by atoms with Crippen molar-refractivity contribution in [3.05, 3.63) is 22.4 Å². The number of carbonyl (C=O) groups excluding carboxylic acids is 1. The first-order chi connectivity index (χ1) is 9.63. The van der Waals surface area contributed by atoms with Gasteiger partial charge in [0.25, 0.3) is 0 Å². The zero-order valence-electron chi connectivity index (χ0n) is 10.2. The second kappa shape index (κ2) is 7.36. The van der Waals surface area contributed by atoms with Crippen LogP contribution in [0.4, 0.5) is 5.13 Å². The standard InChI is InChI=1S/C11H11N3O3S3/c15-8(4-3-7-2-1-5-18-7)12-10-13-14-11(20-10)19-6-9(16)17/h1-2,5H,3-4,6H2,(H,16,17)(H,12,13,15). The monoisotopic (exact) mass is 329 g/mol. The average Bonchev–Trinajstić information content (AvgIpc) is 3.05. The fourth-order valence-corrected chi connectivity index (χ4v) is 3.51. The van der Waals surface area contributed by atoms with Gasteiger partial charge < -0.3 is 10.4 Å². The van der Waals surface area contributed by atoms with Crippen LogP contribution in [-0.2, 0) is 16.0 Å². The number of thiophene rings is 1. The molecule has 2 N–H and O–H groups in total. The molecule has 0 aliphatic rings. The van der Waals surface area contributed by atoms with Crippen LogP contribution in [0.5, 0.6) is 0 Å². The van der Waals surface area contributed by atoms with E-state index < -0.39 is 5.97 Å². The van der Waals surface area contributed by atoms with Gasteiger partial charge in [-0.15, -0.1) is 21.5 Å². The fourth-order valence-electron chi connectivity index (χ4n) is 1.32. The zero-order chi connectivity index (χ0) is 14.4. The average molecular weight is 329 g/mol. The zero-order valence-corrected chi connectivity index (χ0v) is 12.7. The van der Waals surface area contributed by atoms with Crippen molar-refractivity contribution in [3.63, 3.8) is 0 Å². The first-order valence-electron chi connectivity index (χ1n) is 5.64. The largest absolute Gasteiger partial charge is 0.481 e. The highest BCUT2D eigenvalue weighted by Crippen LogP contribution is 2.25. The van der Waals surface area contributed by atoms with Crippen LogP contribution >= 0.6 is 34.4 Å². The first-order valence-corrected chi connectivity index (χ1v) is 8.32. The maximum absolute atomic E-state index is 11.7. The molecule has 106 valence electrons. The molecule has 0 bridgehead atoms. The molecular weight excluding hydrogens is 318 g/mol. The lowest BCUT2D eigenvalue weighted by atomic mass is 10.2. The van der Waals surface area contributed by atoms with Gasteiger partial charge in [0, 0.05) is 11.3 Å². The SMILES string of the molecule is O=C(O)CSc1nnc(NC(=O)CCc2cccs2)s1. The molecule has 2 aromatic heterocycles. The van der Waals surface area contributed by atoms with Gasteiger partial charge >= 0.3 is 5.97 Å². The van der Waals surface area contributed by atoms with Crippen molar-refractivity contribution in [1.82, 2.24) is 10.2 Å². The van der Waals surface area contributed by atoms with Gasteiger partial charge in [-0.1, -0.05) is 29.2 Å². The van der Waals surface area contributed by atoms with Crippen LogP contribution in [0.1, 0.15) is 11.3 Å². The minimum Gasteiger partial charge on any atom is -0.481 e. The number of rotatable bonds is 7. The van der Waals surface area contributed by atoms with Gasteiger partial charge in [-0.05, 0) is 17.9 Å². The number of nitrogens with zero attached hydrogens (tertiary/aromatic N) is 2. The summed E-state index contributed by atoms with van der Waals surface area (Å²) in [5, 5.41) is 21.2. The van der Waals surface area contributed by atoms with Crippen molar-refractivity contribution in [2.45, 2.75) is 17.2 Å². The number of aromatic nitrogens is 2. The lowest BCUT2D eigenvalue weighted by Gasteiger charge is -1.99. The van der Waals surface area contributed by atoms with Gasteiger partial charge in [0.05, 0.1) is 5.75 Å². The van der Waals surface area contributed by atoms with E-state index in [0.29, 0.717) is 22.3 Å². The molecule has 0 saturated carbocycles. The van der Waals surface area contributed by atoms with Crippen LogP contribution in [0.3, 0.4) is 0 Å². The Kier molecular flexibility index (Phi) is 5.50. The van der Waals surface area contributed by atoms with Crippen molar-refractivity contribution >= 4 is 51.4 Å². The molecule has 2 heterocycles. The molecular formula is C11H11N3O3S3. The van der Waals surface area contributed by atoms with E-state index in [0.717, 1.165) is 16.6 Å². The lowest BCUT2D eigenvalue weighted by Crippen LogP contribution is -2.11. The highest BCUT2D eigenvalue weighted by atomic mass is 32.2. The number of hydrogen-bond donors (Lipinski definition) is 2. The van der Waals surface area contributed by atoms with E-state index in [-0.39, 0.29) is 11.7 Å². The molecule has 2 rings (SSSR count). The number of carboxylic acids is 1. The predicted octanol–water partition coefficient (Wildman–Crippen LogP) is 2.35. The number of nitrogens with one attached hydrogen (secondary N) is 1. The van der Waals surface area contributed by atoms with E-state index >= 15 is 0 Å².